The number of aldehydes is 1. The zero-order valence-corrected chi connectivity index (χ0v) is 10.7. The molecule has 0 bridgehead atoms. The molecule has 104 valence electrons. The van der Waals surface area contributed by atoms with Crippen molar-refractivity contribution in [3.63, 3.8) is 0 Å². The minimum atomic E-state index is -4.73. The molecule has 0 spiro atoms. The average Bonchev–Trinajstić information content (AvgIpc) is 2.38. The first kappa shape index (κ1) is 14.4. The molecule has 0 aromatic heterocycles. The number of hydrogen-bond donors (Lipinski definition) is 0. The zero-order valence-electron chi connectivity index (χ0n) is 9.95. The molecular formula is C14H8ClF3O2. The Balaban J connectivity index is 2.33. The van der Waals surface area contributed by atoms with Crippen LogP contribution in [0.2, 0.25) is 5.02 Å². The van der Waals surface area contributed by atoms with Gasteiger partial charge in [-0.25, -0.2) is 0 Å². The van der Waals surface area contributed by atoms with Crippen molar-refractivity contribution in [1.82, 2.24) is 0 Å². The molecular weight excluding hydrogens is 293 g/mol. The van der Waals surface area contributed by atoms with Gasteiger partial charge in [0.05, 0.1) is 0 Å². The summed E-state index contributed by atoms with van der Waals surface area (Å²) in [6.45, 7) is 0. The minimum absolute atomic E-state index is 0.317. The van der Waals surface area contributed by atoms with Crippen molar-refractivity contribution < 1.29 is 22.7 Å². The summed E-state index contributed by atoms with van der Waals surface area (Å²) < 4.78 is 39.9. The topological polar surface area (TPSA) is 26.3 Å². The maximum atomic E-state index is 12.0. The lowest BCUT2D eigenvalue weighted by Gasteiger charge is -2.10. The van der Waals surface area contributed by atoms with Gasteiger partial charge in [-0.1, -0.05) is 29.8 Å². The zero-order chi connectivity index (χ0) is 14.8. The van der Waals surface area contributed by atoms with Gasteiger partial charge in [-0.3, -0.25) is 4.79 Å². The molecule has 20 heavy (non-hydrogen) atoms. The smallest absolute Gasteiger partial charge is 0.406 e. The Labute approximate surface area is 117 Å². The third-order valence-corrected chi connectivity index (χ3v) is 2.77. The van der Waals surface area contributed by atoms with Crippen molar-refractivity contribution in [3.8, 4) is 16.9 Å². The van der Waals surface area contributed by atoms with E-state index in [1.165, 1.54) is 30.3 Å². The van der Waals surface area contributed by atoms with Crippen LogP contribution < -0.4 is 4.74 Å². The summed E-state index contributed by atoms with van der Waals surface area (Å²) >= 11 is 5.78. The predicted octanol–water partition coefficient (Wildman–Crippen LogP) is 4.72. The Hall–Kier alpha value is -2.01. The molecule has 0 N–H and O–H groups in total. The molecule has 0 aliphatic heterocycles. The van der Waals surface area contributed by atoms with Crippen molar-refractivity contribution >= 4 is 17.9 Å². The molecule has 0 heterocycles. The van der Waals surface area contributed by atoms with Crippen molar-refractivity contribution in [3.05, 3.63) is 53.1 Å². The predicted molar refractivity (Wildman–Crippen MR) is 69.0 cm³/mol. The second kappa shape index (κ2) is 5.54. The van der Waals surface area contributed by atoms with Gasteiger partial charge in [0.15, 0.2) is 6.29 Å². The highest BCUT2D eigenvalue weighted by molar-refractivity contribution is 6.31. The van der Waals surface area contributed by atoms with Gasteiger partial charge in [0.2, 0.25) is 0 Å². The second-order valence-corrected chi connectivity index (χ2v) is 4.36. The number of alkyl halides is 3. The quantitative estimate of drug-likeness (QED) is 0.767. The number of rotatable bonds is 3. The normalized spacial score (nSPS) is 11.2. The van der Waals surface area contributed by atoms with Gasteiger partial charge in [0.1, 0.15) is 5.75 Å². The Kier molecular flexibility index (Phi) is 3.99. The van der Waals surface area contributed by atoms with E-state index in [1.807, 2.05) is 0 Å². The summed E-state index contributed by atoms with van der Waals surface area (Å²) in [5, 5.41) is 0.410. The van der Waals surface area contributed by atoms with E-state index < -0.39 is 6.36 Å². The van der Waals surface area contributed by atoms with Crippen molar-refractivity contribution in [1.29, 1.82) is 0 Å². The molecule has 0 fully saturated rings. The van der Waals surface area contributed by atoms with Crippen LogP contribution in [0.1, 0.15) is 10.4 Å². The monoisotopic (exact) mass is 300 g/mol. The van der Waals surface area contributed by atoms with Gasteiger partial charge in [0, 0.05) is 10.6 Å². The molecule has 0 unspecified atom stereocenters. The lowest BCUT2D eigenvalue weighted by Crippen LogP contribution is -2.16. The van der Waals surface area contributed by atoms with E-state index in [-0.39, 0.29) is 5.75 Å². The van der Waals surface area contributed by atoms with Gasteiger partial charge < -0.3 is 4.74 Å². The van der Waals surface area contributed by atoms with E-state index >= 15 is 0 Å². The number of ether oxygens (including phenoxy) is 1. The van der Waals surface area contributed by atoms with Gasteiger partial charge in [-0.2, -0.15) is 0 Å². The van der Waals surface area contributed by atoms with Crippen LogP contribution in [-0.4, -0.2) is 12.6 Å². The first-order valence-corrected chi connectivity index (χ1v) is 5.88. The molecule has 0 aliphatic carbocycles. The third kappa shape index (κ3) is 3.51. The molecule has 0 atom stereocenters. The van der Waals surface area contributed by atoms with Crippen molar-refractivity contribution in [2.45, 2.75) is 6.36 Å². The minimum Gasteiger partial charge on any atom is -0.406 e. The lowest BCUT2D eigenvalue weighted by molar-refractivity contribution is -0.274. The Morgan fingerprint density at radius 3 is 2.25 bits per heavy atom. The second-order valence-electron chi connectivity index (χ2n) is 3.92. The molecule has 0 amide bonds. The number of halogens is 4. The summed E-state index contributed by atoms with van der Waals surface area (Å²) in [4.78, 5) is 11.0. The first-order chi connectivity index (χ1) is 9.39. The van der Waals surface area contributed by atoms with Crippen LogP contribution in [0.25, 0.3) is 11.1 Å². The van der Waals surface area contributed by atoms with Gasteiger partial charge >= 0.3 is 6.36 Å². The van der Waals surface area contributed by atoms with E-state index in [2.05, 4.69) is 4.74 Å². The van der Waals surface area contributed by atoms with E-state index in [4.69, 9.17) is 11.6 Å². The van der Waals surface area contributed by atoms with Crippen LogP contribution in [0.15, 0.2) is 42.5 Å². The van der Waals surface area contributed by atoms with Crippen LogP contribution in [0, 0.1) is 0 Å². The molecule has 2 aromatic rings. The third-order valence-electron chi connectivity index (χ3n) is 2.54. The average molecular weight is 301 g/mol. The number of hydrogen-bond acceptors (Lipinski definition) is 2. The molecule has 0 aliphatic rings. The largest absolute Gasteiger partial charge is 0.573 e. The fraction of sp³-hybridized carbons (Fsp3) is 0.0714. The molecule has 2 rings (SSSR count). The Morgan fingerprint density at radius 1 is 1.05 bits per heavy atom. The molecule has 6 heteroatoms. The summed E-state index contributed by atoms with van der Waals surface area (Å²) in [6, 6.07) is 9.98. The maximum absolute atomic E-state index is 12.0. The Morgan fingerprint density at radius 2 is 1.70 bits per heavy atom. The number of carbonyl (C=O) groups excluding carboxylic acids is 1. The van der Waals surface area contributed by atoms with Crippen LogP contribution in [0.3, 0.4) is 0 Å². The van der Waals surface area contributed by atoms with Crippen LogP contribution in [0.5, 0.6) is 5.75 Å². The molecule has 0 saturated carbocycles. The van der Waals surface area contributed by atoms with E-state index in [0.717, 1.165) is 0 Å². The summed E-state index contributed by atoms with van der Waals surface area (Å²) in [5.74, 6) is -0.317. The molecule has 2 nitrogen and oxygen atoms in total. The Bertz CT molecular complexity index is 621. The highest BCUT2D eigenvalue weighted by atomic mass is 35.5. The van der Waals surface area contributed by atoms with E-state index in [9.17, 15) is 18.0 Å². The molecule has 2 aromatic carbocycles. The summed E-state index contributed by atoms with van der Waals surface area (Å²) in [5.41, 5.74) is 1.54. The van der Waals surface area contributed by atoms with Gasteiger partial charge in [-0.15, -0.1) is 13.2 Å². The van der Waals surface area contributed by atoms with Crippen LogP contribution in [-0.2, 0) is 0 Å². The fourth-order valence-corrected chi connectivity index (χ4v) is 1.91. The van der Waals surface area contributed by atoms with E-state index in [1.54, 1.807) is 12.1 Å². The maximum Gasteiger partial charge on any atom is 0.573 e. The molecule has 0 radical (unpaired) electrons. The summed E-state index contributed by atoms with van der Waals surface area (Å²) in [6.07, 6.45) is -4.09. The van der Waals surface area contributed by atoms with Crippen molar-refractivity contribution in [2.24, 2.45) is 0 Å². The highest BCUT2D eigenvalue weighted by Gasteiger charge is 2.30. The highest BCUT2D eigenvalue weighted by Crippen LogP contribution is 2.29. The van der Waals surface area contributed by atoms with Crippen LogP contribution >= 0.6 is 11.6 Å². The first-order valence-electron chi connectivity index (χ1n) is 5.50. The summed E-state index contributed by atoms with van der Waals surface area (Å²) in [7, 11) is 0. The van der Waals surface area contributed by atoms with Gasteiger partial charge in [-0.05, 0) is 35.4 Å². The number of carbonyl (C=O) groups is 1. The lowest BCUT2D eigenvalue weighted by atomic mass is 10.0. The van der Waals surface area contributed by atoms with Crippen LogP contribution in [0.4, 0.5) is 13.2 Å². The SMILES string of the molecule is O=Cc1cc(Cl)ccc1-c1ccc(OC(F)(F)F)cc1. The standard InChI is InChI=1S/C14H8ClF3O2/c15-11-3-6-13(10(7-11)8-19)9-1-4-12(5-2-9)20-14(16,17)18/h1-8H. The number of benzene rings is 2. The van der Waals surface area contributed by atoms with Crippen molar-refractivity contribution in [2.75, 3.05) is 0 Å². The molecule has 0 saturated heterocycles. The fourth-order valence-electron chi connectivity index (χ4n) is 1.73. The van der Waals surface area contributed by atoms with E-state index in [0.29, 0.717) is 28.0 Å². The van der Waals surface area contributed by atoms with Gasteiger partial charge in [0.25, 0.3) is 0 Å².